The van der Waals surface area contributed by atoms with E-state index in [0.717, 1.165) is 34.9 Å². The molecule has 0 atom stereocenters. The van der Waals surface area contributed by atoms with E-state index >= 15 is 0 Å². The topological polar surface area (TPSA) is 95.7 Å². The number of aromatic amines is 1. The minimum Gasteiger partial charge on any atom is -0.340 e. The van der Waals surface area contributed by atoms with Gasteiger partial charge < -0.3 is 9.55 Å². The summed E-state index contributed by atoms with van der Waals surface area (Å²) in [7, 11) is -4.85. The van der Waals surface area contributed by atoms with Crippen LogP contribution in [0.25, 0.3) is 44.0 Å². The predicted molar refractivity (Wildman–Crippen MR) is 136 cm³/mol. The molecular weight excluding hydrogens is 465 g/mol. The quantitative estimate of drug-likeness (QED) is 0.310. The van der Waals surface area contributed by atoms with E-state index in [2.05, 4.69) is 22.5 Å². The van der Waals surface area contributed by atoms with Gasteiger partial charge in [-0.25, -0.2) is 0 Å². The molecule has 3 aromatic carbocycles. The smallest absolute Gasteiger partial charge is 0.332 e. The normalized spacial score (nSPS) is 11.9. The van der Waals surface area contributed by atoms with Crippen molar-refractivity contribution >= 4 is 43.1 Å². The number of unbranched alkanes of at least 4 members (excludes halogenated alkanes) is 1. The maximum atomic E-state index is 13.7. The maximum Gasteiger partial charge on any atom is 0.332 e. The molecule has 0 spiro atoms. The molecule has 0 saturated carbocycles. The van der Waals surface area contributed by atoms with Crippen LogP contribution in [0.2, 0.25) is 0 Å². The van der Waals surface area contributed by atoms with E-state index in [1.54, 1.807) is 24.3 Å². The van der Waals surface area contributed by atoms with Gasteiger partial charge in [0.1, 0.15) is 5.65 Å². The number of aromatic nitrogens is 2. The van der Waals surface area contributed by atoms with Crippen LogP contribution in [-0.4, -0.2) is 18.0 Å². The van der Waals surface area contributed by atoms with Gasteiger partial charge in [0.05, 0.1) is 27.4 Å². The van der Waals surface area contributed by atoms with Crippen molar-refractivity contribution in [3.05, 3.63) is 75.9 Å². The number of nitrogens with one attached hydrogen (secondary N) is 1. The third kappa shape index (κ3) is 3.78. The van der Waals surface area contributed by atoms with Gasteiger partial charge in [-0.2, -0.15) is 13.7 Å². The lowest BCUT2D eigenvalue weighted by Gasteiger charge is -2.16. The molecule has 0 fully saturated rings. The highest BCUT2D eigenvalue weighted by Crippen LogP contribution is 2.33. The number of nitrogens with zero attached hydrogens (tertiary/aromatic N) is 2. The largest absolute Gasteiger partial charge is 0.340 e. The molecule has 2 heterocycles. The van der Waals surface area contributed by atoms with Crippen LogP contribution in [0.15, 0.2) is 64.3 Å². The fraction of sp³-hybridized carbons (Fsp3) is 0.185. The molecule has 6 nitrogen and oxygen atoms in total. The van der Waals surface area contributed by atoms with Gasteiger partial charge in [-0.05, 0) is 66.4 Å². The summed E-state index contributed by atoms with van der Waals surface area (Å²) in [5.74, 6) is 0. The van der Waals surface area contributed by atoms with Crippen LogP contribution in [0.4, 0.5) is 3.89 Å². The van der Waals surface area contributed by atoms with Crippen molar-refractivity contribution in [1.82, 2.24) is 9.55 Å². The molecule has 1 N–H and O–H groups in total. The molecule has 35 heavy (non-hydrogen) atoms. The van der Waals surface area contributed by atoms with Crippen LogP contribution >= 0.6 is 0 Å². The molecule has 0 radical (unpaired) electrons. The summed E-state index contributed by atoms with van der Waals surface area (Å²) in [6, 6.07) is 16.8. The van der Waals surface area contributed by atoms with E-state index in [1.165, 1.54) is 18.2 Å². The number of hydrogen-bond donors (Lipinski definition) is 1. The predicted octanol–water partition coefficient (Wildman–Crippen LogP) is 5.94. The first-order valence-corrected chi connectivity index (χ1v) is 12.7. The monoisotopic (exact) mass is 487 g/mol. The molecule has 0 amide bonds. The lowest BCUT2D eigenvalue weighted by atomic mass is 9.97. The zero-order valence-corrected chi connectivity index (χ0v) is 20.0. The van der Waals surface area contributed by atoms with Gasteiger partial charge in [-0.1, -0.05) is 31.5 Å². The Morgan fingerprint density at radius 2 is 1.89 bits per heavy atom. The second-order valence-corrected chi connectivity index (χ2v) is 10.1. The van der Waals surface area contributed by atoms with Crippen molar-refractivity contribution in [2.75, 3.05) is 0 Å². The Labute approximate surface area is 201 Å². The molecule has 0 aliphatic rings. The average molecular weight is 488 g/mol. The Morgan fingerprint density at radius 3 is 2.60 bits per heavy atom. The zero-order chi connectivity index (χ0) is 24.9. The van der Waals surface area contributed by atoms with E-state index in [9.17, 15) is 22.4 Å². The number of pyridine rings is 1. The SMILES string of the molecule is CCCCn1c2cc(-c3cccc(S(=O)(=O)F)c3)c(C)cc2c(=O)c2c3ccc(C#N)cc3[nH]c21. The fourth-order valence-corrected chi connectivity index (χ4v) is 5.23. The lowest BCUT2D eigenvalue weighted by molar-refractivity contribution is 0.552. The molecule has 0 aliphatic heterocycles. The van der Waals surface area contributed by atoms with Crippen LogP contribution in [0, 0.1) is 18.3 Å². The minimum absolute atomic E-state index is 0.117. The van der Waals surface area contributed by atoms with E-state index < -0.39 is 15.1 Å². The minimum atomic E-state index is -4.85. The van der Waals surface area contributed by atoms with Gasteiger partial charge in [0, 0.05) is 22.8 Å². The highest BCUT2D eigenvalue weighted by Gasteiger charge is 2.19. The van der Waals surface area contributed by atoms with Crippen LogP contribution in [0.1, 0.15) is 30.9 Å². The first-order chi connectivity index (χ1) is 16.7. The van der Waals surface area contributed by atoms with Crippen LogP contribution in [0.3, 0.4) is 0 Å². The first-order valence-electron chi connectivity index (χ1n) is 11.3. The Kier molecular flexibility index (Phi) is 5.45. The second-order valence-electron chi connectivity index (χ2n) is 8.71. The number of rotatable bonds is 5. The standard InChI is InChI=1S/C27H22FN3O3S/c1-3-4-10-31-24-14-21(18-6-5-7-19(13-18)35(28,33)34)16(2)11-22(24)26(32)25-20-9-8-17(15-29)12-23(20)30-27(25)31/h5-9,11-14,30H,3-4,10H2,1-2H3. The molecule has 0 unspecified atom stereocenters. The van der Waals surface area contributed by atoms with Crippen molar-refractivity contribution in [3.8, 4) is 17.2 Å². The van der Waals surface area contributed by atoms with E-state index in [-0.39, 0.29) is 5.43 Å². The van der Waals surface area contributed by atoms with Gasteiger partial charge in [-0.15, -0.1) is 3.89 Å². The number of nitriles is 1. The van der Waals surface area contributed by atoms with Crippen molar-refractivity contribution in [3.63, 3.8) is 0 Å². The summed E-state index contributed by atoms with van der Waals surface area (Å²) in [4.78, 5) is 16.6. The van der Waals surface area contributed by atoms with Gasteiger partial charge >= 0.3 is 10.2 Å². The van der Waals surface area contributed by atoms with Crippen molar-refractivity contribution in [2.24, 2.45) is 0 Å². The van der Waals surface area contributed by atoms with Crippen LogP contribution in [-0.2, 0) is 16.8 Å². The highest BCUT2D eigenvalue weighted by atomic mass is 32.3. The molecule has 8 heteroatoms. The number of fused-ring (bicyclic) bond motifs is 4. The summed E-state index contributed by atoms with van der Waals surface area (Å²) in [6.07, 6.45) is 1.83. The molecule has 0 saturated heterocycles. The summed E-state index contributed by atoms with van der Waals surface area (Å²) < 4.78 is 38.7. The number of hydrogen-bond acceptors (Lipinski definition) is 4. The van der Waals surface area contributed by atoms with Gasteiger partial charge in [-0.3, -0.25) is 4.79 Å². The van der Waals surface area contributed by atoms with Gasteiger partial charge in [0.25, 0.3) is 0 Å². The Morgan fingerprint density at radius 1 is 1.09 bits per heavy atom. The average Bonchev–Trinajstić information content (AvgIpc) is 3.22. The highest BCUT2D eigenvalue weighted by molar-refractivity contribution is 7.86. The summed E-state index contributed by atoms with van der Waals surface area (Å²) in [5, 5.41) is 11.2. The molecule has 2 aromatic heterocycles. The maximum absolute atomic E-state index is 13.7. The third-order valence-electron chi connectivity index (χ3n) is 6.44. The Hall–Kier alpha value is -3.96. The van der Waals surface area contributed by atoms with Crippen molar-refractivity contribution in [2.45, 2.75) is 38.1 Å². The number of aryl methyl sites for hydroxylation is 2. The molecular formula is C27H22FN3O3S. The molecule has 5 aromatic rings. The molecule has 0 aliphatic carbocycles. The van der Waals surface area contributed by atoms with Gasteiger partial charge in [0.15, 0.2) is 5.43 Å². The van der Waals surface area contributed by atoms with E-state index in [0.29, 0.717) is 39.6 Å². The molecule has 0 bridgehead atoms. The van der Waals surface area contributed by atoms with Crippen molar-refractivity contribution < 1.29 is 12.3 Å². The van der Waals surface area contributed by atoms with E-state index in [4.69, 9.17) is 0 Å². The molecule has 176 valence electrons. The summed E-state index contributed by atoms with van der Waals surface area (Å²) in [6.45, 7) is 4.59. The van der Waals surface area contributed by atoms with Crippen LogP contribution < -0.4 is 5.43 Å². The van der Waals surface area contributed by atoms with Crippen molar-refractivity contribution in [1.29, 1.82) is 5.26 Å². The molecule has 5 rings (SSSR count). The fourth-order valence-electron chi connectivity index (χ4n) is 4.72. The lowest BCUT2D eigenvalue weighted by Crippen LogP contribution is -2.12. The zero-order valence-electron chi connectivity index (χ0n) is 19.2. The number of halogens is 1. The third-order valence-corrected chi connectivity index (χ3v) is 7.26. The summed E-state index contributed by atoms with van der Waals surface area (Å²) in [5.41, 5.74) is 4.52. The Balaban J connectivity index is 1.88. The van der Waals surface area contributed by atoms with Crippen LogP contribution in [0.5, 0.6) is 0 Å². The first kappa shape index (κ1) is 22.8. The van der Waals surface area contributed by atoms with E-state index in [1.807, 2.05) is 19.1 Å². The summed E-state index contributed by atoms with van der Waals surface area (Å²) >= 11 is 0. The number of benzene rings is 3. The van der Waals surface area contributed by atoms with Gasteiger partial charge in [0.2, 0.25) is 0 Å². The second kappa shape index (κ2) is 8.36. The number of H-pyrrole nitrogens is 1. The Bertz CT molecular complexity index is 1860.